The Morgan fingerprint density at radius 3 is 2.59 bits per heavy atom. The zero-order valence-corrected chi connectivity index (χ0v) is 11.4. The summed E-state index contributed by atoms with van der Waals surface area (Å²) >= 11 is 3.24. The maximum absolute atomic E-state index is 13.3. The number of benzene rings is 1. The Morgan fingerprint density at radius 2 is 2.00 bits per heavy atom. The van der Waals surface area contributed by atoms with Gasteiger partial charge in [0.1, 0.15) is 5.75 Å². The number of rotatable bonds is 6. The van der Waals surface area contributed by atoms with E-state index in [9.17, 15) is 8.78 Å². The van der Waals surface area contributed by atoms with Gasteiger partial charge in [-0.3, -0.25) is 0 Å². The van der Waals surface area contributed by atoms with E-state index in [1.54, 1.807) is 19.2 Å². The van der Waals surface area contributed by atoms with Crippen LogP contribution in [0.4, 0.5) is 8.78 Å². The van der Waals surface area contributed by atoms with Crippen LogP contribution in [0.15, 0.2) is 22.7 Å². The highest BCUT2D eigenvalue weighted by atomic mass is 79.9. The van der Waals surface area contributed by atoms with Crippen molar-refractivity contribution in [1.29, 1.82) is 0 Å². The van der Waals surface area contributed by atoms with Crippen LogP contribution in [0.1, 0.15) is 18.9 Å². The first kappa shape index (κ1) is 14.4. The van der Waals surface area contributed by atoms with Crippen LogP contribution in [0.2, 0.25) is 0 Å². The number of hydrogen-bond acceptors (Lipinski definition) is 2. The Morgan fingerprint density at radius 1 is 1.29 bits per heavy atom. The van der Waals surface area contributed by atoms with Crippen molar-refractivity contribution in [2.45, 2.75) is 19.3 Å². The van der Waals surface area contributed by atoms with Crippen molar-refractivity contribution in [3.05, 3.63) is 28.2 Å². The van der Waals surface area contributed by atoms with E-state index in [-0.39, 0.29) is 11.3 Å². The van der Waals surface area contributed by atoms with Crippen molar-refractivity contribution >= 4 is 15.9 Å². The van der Waals surface area contributed by atoms with Crippen molar-refractivity contribution < 1.29 is 18.3 Å². The van der Waals surface area contributed by atoms with Gasteiger partial charge in [0.05, 0.1) is 12.2 Å². The summed E-state index contributed by atoms with van der Waals surface area (Å²) in [5.74, 6) is -2.69. The molecule has 0 spiro atoms. The molecular formula is C12H15BrF2O2. The van der Waals surface area contributed by atoms with E-state index in [2.05, 4.69) is 15.9 Å². The lowest BCUT2D eigenvalue weighted by molar-refractivity contribution is 0.0143. The Balaban J connectivity index is 2.77. The topological polar surface area (TPSA) is 18.5 Å². The molecule has 0 heterocycles. The number of alkyl halides is 2. The summed E-state index contributed by atoms with van der Waals surface area (Å²) in [5, 5.41) is 0. The minimum atomic E-state index is -2.91. The van der Waals surface area contributed by atoms with Gasteiger partial charge in [-0.05, 0) is 18.2 Å². The summed E-state index contributed by atoms with van der Waals surface area (Å²) in [6, 6.07) is 4.50. The lowest BCUT2D eigenvalue weighted by Crippen LogP contribution is -2.11. The Labute approximate surface area is 108 Å². The fourth-order valence-electron chi connectivity index (χ4n) is 1.36. The summed E-state index contributed by atoms with van der Waals surface area (Å²) in [6.07, 6.45) is 0.664. The fourth-order valence-corrected chi connectivity index (χ4v) is 1.70. The number of methoxy groups -OCH3 is 1. The van der Waals surface area contributed by atoms with Crippen molar-refractivity contribution in [2.75, 3.05) is 20.3 Å². The van der Waals surface area contributed by atoms with Gasteiger partial charge in [0.2, 0.25) is 0 Å². The molecule has 0 aromatic heterocycles. The van der Waals surface area contributed by atoms with Crippen molar-refractivity contribution in [2.24, 2.45) is 0 Å². The summed E-state index contributed by atoms with van der Waals surface area (Å²) in [5.41, 5.74) is -0.0990. The van der Waals surface area contributed by atoms with Crippen molar-refractivity contribution in [3.8, 4) is 5.75 Å². The van der Waals surface area contributed by atoms with E-state index in [4.69, 9.17) is 9.47 Å². The third-order valence-corrected chi connectivity index (χ3v) is 2.66. The molecular weight excluding hydrogens is 294 g/mol. The predicted octanol–water partition coefficient (Wildman–Crippen LogP) is 3.98. The Hall–Kier alpha value is -0.680. The van der Waals surface area contributed by atoms with E-state index in [0.717, 1.165) is 6.92 Å². The van der Waals surface area contributed by atoms with Crippen molar-refractivity contribution in [3.63, 3.8) is 0 Å². The molecule has 0 amide bonds. The van der Waals surface area contributed by atoms with Gasteiger partial charge in [-0.1, -0.05) is 15.9 Å². The Kier molecular flexibility index (Phi) is 5.33. The summed E-state index contributed by atoms with van der Waals surface area (Å²) < 4.78 is 37.5. The molecule has 2 nitrogen and oxygen atoms in total. The first-order valence-electron chi connectivity index (χ1n) is 5.24. The van der Waals surface area contributed by atoms with Gasteiger partial charge < -0.3 is 9.47 Å². The van der Waals surface area contributed by atoms with E-state index < -0.39 is 5.92 Å². The molecule has 1 rings (SSSR count). The SMILES string of the molecule is COCCCOc1cc(Br)ccc1C(C)(F)F. The van der Waals surface area contributed by atoms with Gasteiger partial charge in [0.25, 0.3) is 5.92 Å². The second-order valence-electron chi connectivity index (χ2n) is 3.72. The van der Waals surface area contributed by atoms with Crippen LogP contribution >= 0.6 is 15.9 Å². The molecule has 0 saturated carbocycles. The third-order valence-electron chi connectivity index (χ3n) is 2.17. The van der Waals surface area contributed by atoms with Crippen LogP contribution in [-0.2, 0) is 10.7 Å². The molecule has 0 radical (unpaired) electrons. The average Bonchev–Trinajstić information content (AvgIpc) is 2.23. The molecule has 1 aromatic rings. The highest BCUT2D eigenvalue weighted by Crippen LogP contribution is 2.36. The molecule has 1 aromatic carbocycles. The molecule has 96 valence electrons. The van der Waals surface area contributed by atoms with Gasteiger partial charge in [0, 0.05) is 31.5 Å². The van der Waals surface area contributed by atoms with Crippen molar-refractivity contribution in [1.82, 2.24) is 0 Å². The zero-order valence-electron chi connectivity index (χ0n) is 9.80. The zero-order chi connectivity index (χ0) is 12.9. The van der Waals surface area contributed by atoms with Crippen LogP contribution in [0.25, 0.3) is 0 Å². The van der Waals surface area contributed by atoms with Gasteiger partial charge in [-0.2, -0.15) is 0 Å². The minimum Gasteiger partial charge on any atom is -0.493 e. The molecule has 0 aliphatic heterocycles. The largest absolute Gasteiger partial charge is 0.493 e. The molecule has 0 saturated heterocycles. The van der Waals surface area contributed by atoms with Gasteiger partial charge in [-0.15, -0.1) is 0 Å². The molecule has 5 heteroatoms. The first-order chi connectivity index (χ1) is 7.95. The molecule has 0 unspecified atom stereocenters. The smallest absolute Gasteiger partial charge is 0.274 e. The molecule has 0 aliphatic rings. The first-order valence-corrected chi connectivity index (χ1v) is 6.04. The standard InChI is InChI=1S/C12H15BrF2O2/c1-12(14,15)10-5-4-9(13)8-11(10)17-7-3-6-16-2/h4-5,8H,3,6-7H2,1-2H3. The molecule has 0 bridgehead atoms. The number of halogens is 3. The highest BCUT2D eigenvalue weighted by molar-refractivity contribution is 9.10. The maximum atomic E-state index is 13.3. The van der Waals surface area contributed by atoms with Crippen LogP contribution < -0.4 is 4.74 Å². The van der Waals surface area contributed by atoms with E-state index in [1.807, 2.05) is 0 Å². The molecule has 0 fully saturated rings. The number of ether oxygens (including phenoxy) is 2. The van der Waals surface area contributed by atoms with Gasteiger partial charge in [-0.25, -0.2) is 8.78 Å². The maximum Gasteiger partial charge on any atom is 0.274 e. The normalized spacial score (nSPS) is 11.6. The van der Waals surface area contributed by atoms with Gasteiger partial charge >= 0.3 is 0 Å². The van der Waals surface area contributed by atoms with E-state index in [1.165, 1.54) is 6.07 Å². The lowest BCUT2D eigenvalue weighted by atomic mass is 10.1. The average molecular weight is 309 g/mol. The summed E-state index contributed by atoms with van der Waals surface area (Å²) in [7, 11) is 1.59. The van der Waals surface area contributed by atoms with Crippen LogP contribution in [0, 0.1) is 0 Å². The molecule has 0 N–H and O–H groups in total. The third kappa shape index (κ3) is 4.60. The minimum absolute atomic E-state index is 0.0990. The second kappa shape index (κ2) is 6.31. The van der Waals surface area contributed by atoms with Gasteiger partial charge in [0.15, 0.2) is 0 Å². The van der Waals surface area contributed by atoms with E-state index in [0.29, 0.717) is 24.1 Å². The Bertz CT molecular complexity index is 364. The van der Waals surface area contributed by atoms with Crippen LogP contribution in [0.3, 0.4) is 0 Å². The number of hydrogen-bond donors (Lipinski definition) is 0. The van der Waals surface area contributed by atoms with E-state index >= 15 is 0 Å². The molecule has 0 atom stereocenters. The van der Waals surface area contributed by atoms with Crippen LogP contribution in [0.5, 0.6) is 5.75 Å². The molecule has 17 heavy (non-hydrogen) atoms. The lowest BCUT2D eigenvalue weighted by Gasteiger charge is -2.16. The van der Waals surface area contributed by atoms with Crippen LogP contribution in [-0.4, -0.2) is 20.3 Å². The second-order valence-corrected chi connectivity index (χ2v) is 4.64. The quantitative estimate of drug-likeness (QED) is 0.740. The molecule has 0 aliphatic carbocycles. The summed E-state index contributed by atoms with van der Waals surface area (Å²) in [4.78, 5) is 0. The predicted molar refractivity (Wildman–Crippen MR) is 65.7 cm³/mol. The highest BCUT2D eigenvalue weighted by Gasteiger charge is 2.28. The summed E-state index contributed by atoms with van der Waals surface area (Å²) in [6.45, 7) is 1.76. The fraction of sp³-hybridized carbons (Fsp3) is 0.500. The monoisotopic (exact) mass is 308 g/mol.